The number of hydrogen-bond acceptors (Lipinski definition) is 2. The van der Waals surface area contributed by atoms with E-state index in [1.807, 2.05) is 0 Å². The van der Waals surface area contributed by atoms with Gasteiger partial charge in [-0.1, -0.05) is 6.42 Å². The van der Waals surface area contributed by atoms with Crippen LogP contribution >= 0.6 is 0 Å². The van der Waals surface area contributed by atoms with Crippen LogP contribution in [0.25, 0.3) is 0 Å². The number of aromatic carboxylic acids is 1. The van der Waals surface area contributed by atoms with E-state index in [0.717, 1.165) is 18.4 Å². The van der Waals surface area contributed by atoms with Gasteiger partial charge in [0.05, 0.1) is 16.4 Å². The van der Waals surface area contributed by atoms with Crippen LogP contribution < -0.4 is 0 Å². The maximum atomic E-state index is 13.3. The normalized spacial score (nSPS) is 29.6. The average Bonchev–Trinajstić information content (AvgIpc) is 3.01. The molecular weight excluding hydrogens is 279 g/mol. The van der Waals surface area contributed by atoms with Gasteiger partial charge in [-0.3, -0.25) is 4.21 Å². The second kappa shape index (κ2) is 5.28. The Morgan fingerprint density at radius 3 is 2.75 bits per heavy atom. The molecule has 0 heterocycles. The van der Waals surface area contributed by atoms with Crippen molar-refractivity contribution in [3.8, 4) is 0 Å². The Hall–Kier alpha value is -1.23. The first-order valence-electron chi connectivity index (χ1n) is 6.96. The minimum absolute atomic E-state index is 0.399. The van der Waals surface area contributed by atoms with Crippen molar-refractivity contribution in [3.05, 3.63) is 29.6 Å². The van der Waals surface area contributed by atoms with E-state index >= 15 is 0 Å². The maximum absolute atomic E-state index is 13.3. The van der Waals surface area contributed by atoms with Crippen LogP contribution in [0.3, 0.4) is 0 Å². The molecule has 0 saturated heterocycles. The Labute approximate surface area is 119 Å². The third-order valence-electron chi connectivity index (χ3n) is 4.68. The van der Waals surface area contributed by atoms with Gasteiger partial charge in [0.25, 0.3) is 0 Å². The molecule has 3 nitrogen and oxygen atoms in total. The van der Waals surface area contributed by atoms with E-state index in [1.165, 1.54) is 31.4 Å². The number of halogens is 1. The van der Waals surface area contributed by atoms with Gasteiger partial charge in [-0.2, -0.15) is 0 Å². The molecule has 108 valence electrons. The van der Waals surface area contributed by atoms with Crippen LogP contribution in [-0.4, -0.2) is 21.0 Å². The zero-order valence-electron chi connectivity index (χ0n) is 11.0. The molecule has 0 aromatic heterocycles. The topological polar surface area (TPSA) is 54.4 Å². The van der Waals surface area contributed by atoms with Gasteiger partial charge in [-0.15, -0.1) is 0 Å². The highest BCUT2D eigenvalue weighted by Gasteiger charge is 2.40. The van der Waals surface area contributed by atoms with E-state index in [9.17, 15) is 13.4 Å². The summed E-state index contributed by atoms with van der Waals surface area (Å²) in [6, 6.07) is 3.74. The molecular formula is C15H17FO3S. The van der Waals surface area contributed by atoms with E-state index in [-0.39, 0.29) is 0 Å². The predicted molar refractivity (Wildman–Crippen MR) is 73.6 cm³/mol. The van der Waals surface area contributed by atoms with Crippen LogP contribution in [0.1, 0.15) is 36.0 Å². The summed E-state index contributed by atoms with van der Waals surface area (Å²) in [5, 5.41) is 8.90. The van der Waals surface area contributed by atoms with Gasteiger partial charge >= 0.3 is 5.97 Å². The molecule has 4 unspecified atom stereocenters. The molecule has 2 aliphatic carbocycles. The van der Waals surface area contributed by atoms with Crippen LogP contribution in [0.5, 0.6) is 0 Å². The van der Waals surface area contributed by atoms with Gasteiger partial charge in [0.2, 0.25) is 0 Å². The van der Waals surface area contributed by atoms with Gasteiger partial charge in [-0.05, 0) is 55.2 Å². The highest BCUT2D eigenvalue weighted by atomic mass is 32.2. The first kappa shape index (κ1) is 13.7. The van der Waals surface area contributed by atoms with Crippen molar-refractivity contribution in [2.24, 2.45) is 17.8 Å². The highest BCUT2D eigenvalue weighted by Crippen LogP contribution is 2.48. The largest absolute Gasteiger partial charge is 0.478 e. The summed E-state index contributed by atoms with van der Waals surface area (Å²) in [6.07, 6.45) is 4.93. The number of rotatable bonds is 4. The van der Waals surface area contributed by atoms with Gasteiger partial charge in [-0.25, -0.2) is 9.18 Å². The number of carboxylic acid groups (broad SMARTS) is 1. The molecule has 1 N–H and O–H groups in total. The lowest BCUT2D eigenvalue weighted by Gasteiger charge is -2.21. The van der Waals surface area contributed by atoms with Gasteiger partial charge in [0.15, 0.2) is 0 Å². The highest BCUT2D eigenvalue weighted by molar-refractivity contribution is 7.85. The molecule has 2 bridgehead atoms. The van der Waals surface area contributed by atoms with Gasteiger partial charge in [0.1, 0.15) is 5.82 Å². The number of benzene rings is 1. The first-order valence-corrected chi connectivity index (χ1v) is 8.27. The van der Waals surface area contributed by atoms with E-state index in [4.69, 9.17) is 5.11 Å². The maximum Gasteiger partial charge on any atom is 0.338 e. The average molecular weight is 296 g/mol. The summed E-state index contributed by atoms with van der Waals surface area (Å²) in [4.78, 5) is 11.3. The number of carboxylic acids is 1. The molecule has 2 saturated carbocycles. The van der Waals surface area contributed by atoms with Crippen molar-refractivity contribution >= 4 is 16.8 Å². The molecule has 0 spiro atoms. The Balaban J connectivity index is 1.74. The lowest BCUT2D eigenvalue weighted by molar-refractivity contribution is 0.0691. The van der Waals surface area contributed by atoms with E-state index in [2.05, 4.69) is 0 Å². The van der Waals surface area contributed by atoms with Crippen LogP contribution in [0, 0.1) is 23.6 Å². The minimum Gasteiger partial charge on any atom is -0.478 e. The molecule has 3 rings (SSSR count). The third kappa shape index (κ3) is 2.51. The lowest BCUT2D eigenvalue weighted by atomic mass is 9.90. The molecule has 0 amide bonds. The van der Waals surface area contributed by atoms with Crippen molar-refractivity contribution in [2.45, 2.75) is 30.6 Å². The van der Waals surface area contributed by atoms with Crippen molar-refractivity contribution in [2.75, 3.05) is 5.75 Å². The quantitative estimate of drug-likeness (QED) is 0.929. The number of fused-ring (bicyclic) bond motifs is 2. The summed E-state index contributed by atoms with van der Waals surface area (Å²) in [7, 11) is -1.24. The van der Waals surface area contributed by atoms with E-state index < -0.39 is 28.1 Å². The Bertz CT molecular complexity index is 572. The number of carbonyl (C=O) groups is 1. The Kier molecular flexibility index (Phi) is 3.63. The SMILES string of the molecule is O=C(O)c1cc(S(=O)CC2CC3CCC2C3)ccc1F. The molecule has 2 fully saturated rings. The molecule has 0 aliphatic heterocycles. The fourth-order valence-electron chi connectivity index (χ4n) is 3.68. The summed E-state index contributed by atoms with van der Waals surface area (Å²) < 4.78 is 25.7. The molecule has 0 radical (unpaired) electrons. The van der Waals surface area contributed by atoms with E-state index in [1.54, 1.807) is 0 Å². The summed E-state index contributed by atoms with van der Waals surface area (Å²) in [6.45, 7) is 0. The zero-order valence-corrected chi connectivity index (χ0v) is 11.9. The van der Waals surface area contributed by atoms with Crippen molar-refractivity contribution in [1.29, 1.82) is 0 Å². The summed E-state index contributed by atoms with van der Waals surface area (Å²) in [5.41, 5.74) is -0.399. The summed E-state index contributed by atoms with van der Waals surface area (Å²) >= 11 is 0. The standard InChI is InChI=1S/C15H17FO3S/c16-14-4-3-12(7-13(14)15(17)18)20(19)8-11-6-9-1-2-10(11)5-9/h3-4,7,9-11H,1-2,5-6,8H2,(H,17,18). The second-order valence-corrected chi connectivity index (χ2v) is 7.39. The van der Waals surface area contributed by atoms with Crippen molar-refractivity contribution in [1.82, 2.24) is 0 Å². The predicted octanol–water partition coefficient (Wildman–Crippen LogP) is 3.07. The molecule has 5 heteroatoms. The minimum atomic E-state index is -1.32. The molecule has 1 aromatic rings. The Morgan fingerprint density at radius 1 is 1.35 bits per heavy atom. The van der Waals surface area contributed by atoms with Gasteiger partial charge in [0, 0.05) is 10.6 Å². The Morgan fingerprint density at radius 2 is 2.15 bits per heavy atom. The van der Waals surface area contributed by atoms with Crippen molar-refractivity contribution < 1.29 is 18.5 Å². The van der Waals surface area contributed by atoms with E-state index in [0.29, 0.717) is 22.5 Å². The smallest absolute Gasteiger partial charge is 0.338 e. The fourth-order valence-corrected chi connectivity index (χ4v) is 5.14. The van der Waals surface area contributed by atoms with Crippen LogP contribution in [0.4, 0.5) is 4.39 Å². The summed E-state index contributed by atoms with van der Waals surface area (Å²) in [5.74, 6) is 0.437. The second-order valence-electron chi connectivity index (χ2n) is 5.89. The zero-order chi connectivity index (χ0) is 14.3. The van der Waals surface area contributed by atoms with Crippen LogP contribution in [0.2, 0.25) is 0 Å². The monoisotopic (exact) mass is 296 g/mol. The van der Waals surface area contributed by atoms with Crippen LogP contribution in [0.15, 0.2) is 23.1 Å². The fraction of sp³-hybridized carbons (Fsp3) is 0.533. The molecule has 4 atom stereocenters. The van der Waals surface area contributed by atoms with Crippen molar-refractivity contribution in [3.63, 3.8) is 0 Å². The molecule has 2 aliphatic rings. The van der Waals surface area contributed by atoms with Gasteiger partial charge < -0.3 is 5.11 Å². The third-order valence-corrected chi connectivity index (χ3v) is 6.19. The number of hydrogen-bond donors (Lipinski definition) is 1. The molecule has 20 heavy (non-hydrogen) atoms. The molecule has 1 aromatic carbocycles. The van der Waals surface area contributed by atoms with Crippen LogP contribution in [-0.2, 0) is 10.8 Å². The lowest BCUT2D eigenvalue weighted by Crippen LogP contribution is -2.18. The first-order chi connectivity index (χ1) is 9.54.